The zero-order valence-electron chi connectivity index (χ0n) is 14.5. The maximum Gasteiger partial charge on any atom is 0.327 e. The summed E-state index contributed by atoms with van der Waals surface area (Å²) < 4.78 is 0. The summed E-state index contributed by atoms with van der Waals surface area (Å²) in [5, 5.41) is 11.3. The molecule has 2 N–H and O–H groups in total. The van der Waals surface area contributed by atoms with Gasteiger partial charge in [-0.2, -0.15) is 0 Å². The molecule has 0 fully saturated rings. The predicted octanol–water partition coefficient (Wildman–Crippen LogP) is 2.84. The third kappa shape index (κ3) is 6.74. The highest BCUT2D eigenvalue weighted by molar-refractivity contribution is 8.13. The van der Waals surface area contributed by atoms with Crippen LogP contribution >= 0.6 is 11.8 Å². The van der Waals surface area contributed by atoms with Crippen molar-refractivity contribution in [2.75, 3.05) is 5.75 Å². The zero-order valence-corrected chi connectivity index (χ0v) is 15.4. The molecule has 2 atom stereocenters. The molecular weight excluding hydrogens is 326 g/mol. The second-order valence-corrected chi connectivity index (χ2v) is 7.31. The molecule has 0 aliphatic carbocycles. The van der Waals surface area contributed by atoms with Crippen LogP contribution in [0, 0.1) is 5.92 Å². The Hall–Kier alpha value is -1.82. The minimum atomic E-state index is -1.14. The number of benzene rings is 1. The molecule has 0 saturated heterocycles. The topological polar surface area (TPSA) is 83.5 Å². The Kier molecular flexibility index (Phi) is 7.98. The highest BCUT2D eigenvalue weighted by Gasteiger charge is 2.22. The fraction of sp³-hybridized carbons (Fsp3) is 0.500. The molecule has 0 aliphatic rings. The Morgan fingerprint density at radius 1 is 1.12 bits per heavy atom. The van der Waals surface area contributed by atoms with Crippen LogP contribution < -0.4 is 5.32 Å². The van der Waals surface area contributed by atoms with Crippen LogP contribution in [0.1, 0.15) is 44.7 Å². The van der Waals surface area contributed by atoms with E-state index in [1.54, 1.807) is 6.92 Å². The minimum absolute atomic E-state index is 0.0174. The number of thioether (sulfide) groups is 1. The molecule has 0 aliphatic heterocycles. The molecule has 1 aromatic carbocycles. The molecule has 1 aromatic rings. The molecular formula is C18H25NO4S. The number of carbonyl (C=O) groups is 3. The van der Waals surface area contributed by atoms with Crippen molar-refractivity contribution < 1.29 is 19.5 Å². The number of aliphatic carboxylic acids is 1. The van der Waals surface area contributed by atoms with Crippen LogP contribution in [0.3, 0.4) is 0 Å². The minimum Gasteiger partial charge on any atom is -0.480 e. The molecule has 0 radical (unpaired) electrons. The van der Waals surface area contributed by atoms with Crippen LogP contribution in [0.2, 0.25) is 0 Å². The van der Waals surface area contributed by atoms with Gasteiger partial charge in [-0.15, -0.1) is 0 Å². The molecule has 132 valence electrons. The van der Waals surface area contributed by atoms with Gasteiger partial charge in [0.25, 0.3) is 0 Å². The number of carboxylic acids is 1. The average molecular weight is 351 g/mol. The maximum absolute atomic E-state index is 12.3. The lowest BCUT2D eigenvalue weighted by atomic mass is 9.97. The summed E-state index contributed by atoms with van der Waals surface area (Å²) >= 11 is 0.938. The normalized spacial score (nSPS) is 13.4. The van der Waals surface area contributed by atoms with Crippen molar-refractivity contribution in [2.45, 2.75) is 46.1 Å². The number of rotatable bonds is 8. The molecule has 1 rings (SSSR count). The van der Waals surface area contributed by atoms with Gasteiger partial charge in [0.1, 0.15) is 6.04 Å². The van der Waals surface area contributed by atoms with Crippen molar-refractivity contribution in [1.29, 1.82) is 0 Å². The van der Waals surface area contributed by atoms with E-state index in [4.69, 9.17) is 5.11 Å². The molecule has 1 amide bonds. The van der Waals surface area contributed by atoms with Gasteiger partial charge in [0.05, 0.1) is 5.92 Å². The van der Waals surface area contributed by atoms with Gasteiger partial charge >= 0.3 is 5.97 Å². The van der Waals surface area contributed by atoms with Gasteiger partial charge in [-0.25, -0.2) is 4.79 Å². The van der Waals surface area contributed by atoms with Crippen LogP contribution in [0.5, 0.6) is 0 Å². The van der Waals surface area contributed by atoms with E-state index in [1.165, 1.54) is 12.5 Å². The van der Waals surface area contributed by atoms with Gasteiger partial charge in [0.2, 0.25) is 5.91 Å². The second-order valence-electron chi connectivity index (χ2n) is 6.28. The lowest BCUT2D eigenvalue weighted by Gasteiger charge is -2.15. The number of carbonyl (C=O) groups excluding carboxylic acids is 2. The smallest absolute Gasteiger partial charge is 0.327 e. The summed E-state index contributed by atoms with van der Waals surface area (Å²) in [7, 11) is 0. The highest BCUT2D eigenvalue weighted by Crippen LogP contribution is 2.23. The number of amides is 1. The van der Waals surface area contributed by atoms with Crippen LogP contribution in [0.25, 0.3) is 0 Å². The standard InChI is InChI=1S/C18H25NO4S/c1-11(2)9-14-5-7-15(8-6-14)12(3)18(23)24-10-16(17(21)22)19-13(4)20/h5-8,11-12,16H,9-10H2,1-4H3,(H,19,20)(H,21,22)/t12-,16?/m1/s1. The summed E-state index contributed by atoms with van der Waals surface area (Å²) in [5.41, 5.74) is 2.14. The van der Waals surface area contributed by atoms with Crippen molar-refractivity contribution >= 4 is 28.8 Å². The first-order chi connectivity index (χ1) is 11.2. The number of nitrogens with one attached hydrogen (secondary N) is 1. The molecule has 0 heterocycles. The third-order valence-corrected chi connectivity index (χ3v) is 4.68. The van der Waals surface area contributed by atoms with Crippen LogP contribution in [-0.2, 0) is 20.8 Å². The van der Waals surface area contributed by atoms with Crippen LogP contribution in [0.4, 0.5) is 0 Å². The fourth-order valence-corrected chi connectivity index (χ4v) is 3.20. The largest absolute Gasteiger partial charge is 0.480 e. The van der Waals surface area contributed by atoms with Crippen molar-refractivity contribution in [2.24, 2.45) is 5.92 Å². The van der Waals surface area contributed by atoms with Gasteiger partial charge < -0.3 is 10.4 Å². The fourth-order valence-electron chi connectivity index (χ4n) is 2.26. The predicted molar refractivity (Wildman–Crippen MR) is 96.1 cm³/mol. The first kappa shape index (κ1) is 20.2. The molecule has 5 nitrogen and oxygen atoms in total. The number of hydrogen-bond acceptors (Lipinski definition) is 4. The van der Waals surface area contributed by atoms with E-state index in [1.807, 2.05) is 24.3 Å². The SMILES string of the molecule is CC(=O)NC(CSC(=O)[C@H](C)c1ccc(CC(C)C)cc1)C(=O)O. The van der Waals surface area contributed by atoms with Gasteiger partial charge in [-0.05, 0) is 23.5 Å². The molecule has 1 unspecified atom stereocenters. The monoisotopic (exact) mass is 351 g/mol. The summed E-state index contributed by atoms with van der Waals surface area (Å²) in [6.45, 7) is 7.38. The number of carboxylic acid groups (broad SMARTS) is 1. The Labute approximate surface area is 147 Å². The maximum atomic E-state index is 12.3. The lowest BCUT2D eigenvalue weighted by molar-refractivity contribution is -0.140. The summed E-state index contributed by atoms with van der Waals surface area (Å²) in [5.74, 6) is -1.30. The van der Waals surface area contributed by atoms with E-state index < -0.39 is 17.9 Å². The summed E-state index contributed by atoms with van der Waals surface area (Å²) in [6, 6.07) is 6.90. The first-order valence-electron chi connectivity index (χ1n) is 7.96. The first-order valence-corrected chi connectivity index (χ1v) is 8.94. The van der Waals surface area contributed by atoms with Crippen molar-refractivity contribution in [1.82, 2.24) is 5.32 Å². The van der Waals surface area contributed by atoms with Crippen LogP contribution in [0.15, 0.2) is 24.3 Å². The van der Waals surface area contributed by atoms with E-state index in [2.05, 4.69) is 19.2 Å². The zero-order chi connectivity index (χ0) is 18.3. The quantitative estimate of drug-likeness (QED) is 0.752. The third-order valence-electron chi connectivity index (χ3n) is 3.55. The van der Waals surface area contributed by atoms with Crippen molar-refractivity contribution in [3.63, 3.8) is 0 Å². The molecule has 0 saturated carbocycles. The van der Waals surface area contributed by atoms with Gasteiger partial charge in [0.15, 0.2) is 5.12 Å². The van der Waals surface area contributed by atoms with E-state index >= 15 is 0 Å². The lowest BCUT2D eigenvalue weighted by Crippen LogP contribution is -2.41. The summed E-state index contributed by atoms with van der Waals surface area (Å²) in [4.78, 5) is 34.3. The Morgan fingerprint density at radius 2 is 1.71 bits per heavy atom. The van der Waals surface area contributed by atoms with Gasteiger partial charge in [-0.1, -0.05) is 56.8 Å². The molecule has 0 bridgehead atoms. The van der Waals surface area contributed by atoms with Gasteiger partial charge in [0, 0.05) is 12.7 Å². The Morgan fingerprint density at radius 3 is 2.17 bits per heavy atom. The van der Waals surface area contributed by atoms with E-state index in [0.29, 0.717) is 5.92 Å². The Bertz CT molecular complexity index is 583. The van der Waals surface area contributed by atoms with Gasteiger partial charge in [-0.3, -0.25) is 9.59 Å². The van der Waals surface area contributed by atoms with E-state index in [9.17, 15) is 14.4 Å². The highest BCUT2D eigenvalue weighted by atomic mass is 32.2. The van der Waals surface area contributed by atoms with E-state index in [0.717, 1.165) is 23.7 Å². The number of hydrogen-bond donors (Lipinski definition) is 2. The Balaban J connectivity index is 2.63. The van der Waals surface area contributed by atoms with Crippen molar-refractivity contribution in [3.8, 4) is 0 Å². The molecule has 0 spiro atoms. The van der Waals surface area contributed by atoms with E-state index in [-0.39, 0.29) is 16.8 Å². The molecule has 0 aromatic heterocycles. The average Bonchev–Trinajstić information content (AvgIpc) is 2.50. The van der Waals surface area contributed by atoms with Crippen molar-refractivity contribution in [3.05, 3.63) is 35.4 Å². The summed E-state index contributed by atoms with van der Waals surface area (Å²) in [6.07, 6.45) is 0.994. The molecule has 24 heavy (non-hydrogen) atoms. The van der Waals surface area contributed by atoms with Crippen LogP contribution in [-0.4, -0.2) is 33.9 Å². The molecule has 6 heteroatoms. The second kappa shape index (κ2) is 9.47.